The lowest BCUT2D eigenvalue weighted by Gasteiger charge is -2.13. The van der Waals surface area contributed by atoms with Crippen molar-refractivity contribution in [2.45, 2.75) is 0 Å². The van der Waals surface area contributed by atoms with Gasteiger partial charge in [-0.25, -0.2) is 18.2 Å². The second-order valence-electron chi connectivity index (χ2n) is 5.32. The monoisotopic (exact) mass is 374 g/mol. The predicted molar refractivity (Wildman–Crippen MR) is 97.1 cm³/mol. The van der Waals surface area contributed by atoms with Gasteiger partial charge in [0, 0.05) is 11.6 Å². The average Bonchev–Trinajstić information content (AvgIpc) is 2.65. The zero-order chi connectivity index (χ0) is 18.7. The van der Waals surface area contributed by atoms with Gasteiger partial charge in [-0.05, 0) is 24.5 Å². The summed E-state index contributed by atoms with van der Waals surface area (Å²) in [4.78, 5) is 16.3. The summed E-state index contributed by atoms with van der Waals surface area (Å²) in [6.07, 6.45) is 1.55. The van der Waals surface area contributed by atoms with Crippen molar-refractivity contribution in [2.24, 2.45) is 0 Å². The fourth-order valence-electron chi connectivity index (χ4n) is 2.37. The Labute approximate surface area is 152 Å². The van der Waals surface area contributed by atoms with Crippen LogP contribution in [0.4, 0.5) is 24.7 Å². The van der Waals surface area contributed by atoms with E-state index in [0.29, 0.717) is 11.6 Å². The highest BCUT2D eigenvalue weighted by atomic mass is 32.2. The third kappa shape index (κ3) is 3.72. The molecule has 0 aliphatic rings. The molecule has 0 fully saturated rings. The lowest BCUT2D eigenvalue weighted by atomic mass is 10.1. The molecule has 3 rings (SSSR count). The third-order valence-corrected chi connectivity index (χ3v) is 4.20. The maximum atomic E-state index is 14.5. The van der Waals surface area contributed by atoms with E-state index in [4.69, 9.17) is 0 Å². The number of aromatic nitrogens is 1. The number of thioether (sulfide) groups is 1. The Hall–Kier alpha value is -2.80. The number of nitrogens with one attached hydrogen (secondary N) is 1. The van der Waals surface area contributed by atoms with Crippen LogP contribution in [0.1, 0.15) is 10.4 Å². The maximum absolute atomic E-state index is 14.5. The summed E-state index contributed by atoms with van der Waals surface area (Å²) in [5.74, 6) is -2.25. The molecule has 1 aromatic heterocycles. The zero-order valence-electron chi connectivity index (χ0n) is 13.6. The molecule has 0 aliphatic heterocycles. The van der Waals surface area contributed by atoms with Crippen molar-refractivity contribution in [3.05, 3.63) is 77.6 Å². The number of pyridine rings is 1. The van der Waals surface area contributed by atoms with Crippen LogP contribution in [0.15, 0.2) is 54.6 Å². The van der Waals surface area contributed by atoms with Crippen LogP contribution in [0.2, 0.25) is 0 Å². The van der Waals surface area contributed by atoms with Crippen LogP contribution in [-0.2, 0) is 0 Å². The van der Waals surface area contributed by atoms with Gasteiger partial charge in [0.05, 0.1) is 11.3 Å². The second kappa shape index (κ2) is 7.61. The molecule has 0 saturated carbocycles. The summed E-state index contributed by atoms with van der Waals surface area (Å²) in [6, 6.07) is 12.6. The van der Waals surface area contributed by atoms with E-state index < -0.39 is 22.6 Å². The first-order valence-corrected chi connectivity index (χ1v) is 8.78. The number of halogens is 3. The summed E-state index contributed by atoms with van der Waals surface area (Å²) in [6.45, 7) is 0. The number of benzene rings is 2. The van der Waals surface area contributed by atoms with Crippen molar-refractivity contribution in [3.8, 4) is 11.3 Å². The minimum atomic E-state index is -0.847. The van der Waals surface area contributed by atoms with Crippen LogP contribution in [0.5, 0.6) is 0 Å². The molecule has 1 N–H and O–H groups in total. The number of hydrogen-bond acceptors (Lipinski definition) is 4. The molecule has 0 saturated heterocycles. The van der Waals surface area contributed by atoms with Crippen LogP contribution in [0.25, 0.3) is 11.3 Å². The van der Waals surface area contributed by atoms with Crippen molar-refractivity contribution in [2.75, 3.05) is 11.6 Å². The molecule has 3 aromatic rings. The normalized spacial score (nSPS) is 10.6. The van der Waals surface area contributed by atoms with E-state index >= 15 is 0 Å². The second-order valence-corrected chi connectivity index (χ2v) is 6.10. The van der Waals surface area contributed by atoms with Gasteiger partial charge in [-0.2, -0.15) is 0 Å². The Kier molecular flexibility index (Phi) is 5.27. The zero-order valence-corrected chi connectivity index (χ0v) is 14.4. The minimum absolute atomic E-state index is 0.00453. The lowest BCUT2D eigenvalue weighted by Crippen LogP contribution is -2.07. The van der Waals surface area contributed by atoms with Gasteiger partial charge in [0.15, 0.2) is 0 Å². The van der Waals surface area contributed by atoms with E-state index in [-0.39, 0.29) is 22.8 Å². The van der Waals surface area contributed by atoms with Crippen molar-refractivity contribution in [1.82, 2.24) is 4.98 Å². The first-order valence-electron chi connectivity index (χ1n) is 7.56. The summed E-state index contributed by atoms with van der Waals surface area (Å²) < 4.78 is 41.6. The molecule has 26 heavy (non-hydrogen) atoms. The van der Waals surface area contributed by atoms with E-state index in [1.54, 1.807) is 36.6 Å². The molecule has 0 unspecified atom stereocenters. The van der Waals surface area contributed by atoms with Crippen LogP contribution >= 0.6 is 11.8 Å². The highest BCUT2D eigenvalue weighted by molar-refractivity contribution is 8.13. The molecular formula is C19H13F3N2OS. The number of hydrogen-bond donors (Lipinski definition) is 1. The first kappa shape index (κ1) is 18.0. The van der Waals surface area contributed by atoms with E-state index in [0.717, 1.165) is 23.9 Å². The molecule has 7 heteroatoms. The molecule has 0 radical (unpaired) electrons. The van der Waals surface area contributed by atoms with Gasteiger partial charge in [0.2, 0.25) is 5.12 Å². The molecule has 0 amide bonds. The van der Waals surface area contributed by atoms with E-state index in [1.807, 2.05) is 0 Å². The number of anilines is 2. The molecule has 132 valence electrons. The van der Waals surface area contributed by atoms with Crippen LogP contribution in [0, 0.1) is 17.5 Å². The summed E-state index contributed by atoms with van der Waals surface area (Å²) in [7, 11) is 0. The highest BCUT2D eigenvalue weighted by Crippen LogP contribution is 2.30. The highest BCUT2D eigenvalue weighted by Gasteiger charge is 2.19. The van der Waals surface area contributed by atoms with Gasteiger partial charge < -0.3 is 5.32 Å². The summed E-state index contributed by atoms with van der Waals surface area (Å²) in [5.41, 5.74) is 0.433. The van der Waals surface area contributed by atoms with Crippen molar-refractivity contribution in [3.63, 3.8) is 0 Å². The van der Waals surface area contributed by atoms with Gasteiger partial charge >= 0.3 is 0 Å². The standard InChI is InChI=1S/C19H13F3N2OS/c1-26-19(25)13-10-15(22)17(11-5-3-2-4-6-11)24-18(13)23-16-8-7-12(20)9-14(16)21/h2-10H,1H3,(H,23,24). The molecule has 0 aliphatic carbocycles. The van der Waals surface area contributed by atoms with Crippen molar-refractivity contribution < 1.29 is 18.0 Å². The first-order chi connectivity index (χ1) is 12.5. The van der Waals surface area contributed by atoms with Gasteiger partial charge in [0.25, 0.3) is 0 Å². The van der Waals surface area contributed by atoms with Gasteiger partial charge in [-0.3, -0.25) is 4.79 Å². The van der Waals surface area contributed by atoms with Crippen molar-refractivity contribution in [1.29, 1.82) is 0 Å². The molecular weight excluding hydrogens is 361 g/mol. The average molecular weight is 374 g/mol. The largest absolute Gasteiger partial charge is 0.337 e. The number of rotatable bonds is 4. The molecule has 0 atom stereocenters. The van der Waals surface area contributed by atoms with Crippen LogP contribution in [0.3, 0.4) is 0 Å². The smallest absolute Gasteiger partial charge is 0.222 e. The number of nitrogens with zero attached hydrogens (tertiary/aromatic N) is 1. The van der Waals surface area contributed by atoms with E-state index in [9.17, 15) is 18.0 Å². The van der Waals surface area contributed by atoms with Crippen LogP contribution in [-0.4, -0.2) is 16.4 Å². The maximum Gasteiger partial charge on any atom is 0.222 e. The molecule has 3 nitrogen and oxygen atoms in total. The Bertz CT molecular complexity index is 964. The summed E-state index contributed by atoms with van der Waals surface area (Å²) >= 11 is 0.880. The minimum Gasteiger partial charge on any atom is -0.337 e. The molecule has 1 heterocycles. The Morgan fingerprint density at radius 2 is 1.73 bits per heavy atom. The fourth-order valence-corrected chi connectivity index (χ4v) is 2.74. The molecule has 0 bridgehead atoms. The Morgan fingerprint density at radius 1 is 1.00 bits per heavy atom. The number of carbonyl (C=O) groups excluding carboxylic acids is 1. The predicted octanol–water partition coefficient (Wildman–Crippen LogP) is 5.41. The van der Waals surface area contributed by atoms with Crippen molar-refractivity contribution >= 4 is 28.4 Å². The Morgan fingerprint density at radius 3 is 2.38 bits per heavy atom. The summed E-state index contributed by atoms with van der Waals surface area (Å²) in [5, 5.41) is 2.24. The van der Waals surface area contributed by atoms with E-state index in [1.165, 1.54) is 6.07 Å². The lowest BCUT2D eigenvalue weighted by molar-refractivity contribution is 0.108. The fraction of sp³-hybridized carbons (Fsp3) is 0.0526. The van der Waals surface area contributed by atoms with E-state index in [2.05, 4.69) is 10.3 Å². The number of carbonyl (C=O) groups is 1. The topological polar surface area (TPSA) is 42.0 Å². The van der Waals surface area contributed by atoms with Gasteiger partial charge in [-0.15, -0.1) is 0 Å². The molecule has 0 spiro atoms. The SMILES string of the molecule is CSC(=O)c1cc(F)c(-c2ccccc2)nc1Nc1ccc(F)cc1F. The molecule has 2 aromatic carbocycles. The quantitative estimate of drug-likeness (QED) is 0.663. The van der Waals surface area contributed by atoms with Crippen LogP contribution < -0.4 is 5.32 Å². The van der Waals surface area contributed by atoms with Gasteiger partial charge in [0.1, 0.15) is 29.0 Å². The Balaban J connectivity index is 2.12. The third-order valence-electron chi connectivity index (χ3n) is 3.61. The van der Waals surface area contributed by atoms with Gasteiger partial charge in [-0.1, -0.05) is 42.1 Å².